The molecule has 5 heteroatoms. The van der Waals surface area contributed by atoms with Crippen molar-refractivity contribution in [2.24, 2.45) is 0 Å². The molecule has 1 saturated heterocycles. The van der Waals surface area contributed by atoms with Gasteiger partial charge in [-0.05, 0) is 44.7 Å². The molecular weight excluding hydrogens is 350 g/mol. The molecule has 1 aliphatic rings. The van der Waals surface area contributed by atoms with Gasteiger partial charge >= 0.3 is 0 Å². The quantitative estimate of drug-likeness (QED) is 0.854. The Morgan fingerprint density at radius 3 is 2.57 bits per heavy atom. The Hall–Kier alpha value is -0.130. The number of nitrogens with one attached hydrogen (secondary N) is 1. The van der Waals surface area contributed by atoms with E-state index in [1.54, 1.807) is 0 Å². The molecule has 0 aromatic heterocycles. The lowest BCUT2D eigenvalue weighted by Gasteiger charge is -2.43. The molecule has 0 atom stereocenters. The molecule has 2 rings (SSSR count). The summed E-state index contributed by atoms with van der Waals surface area (Å²) < 4.78 is 1.07. The lowest BCUT2D eigenvalue weighted by Crippen LogP contribution is -2.57. The monoisotopic (exact) mass is 373 g/mol. The first-order valence-corrected chi connectivity index (χ1v) is 8.64. The molecule has 0 bridgehead atoms. The smallest absolute Gasteiger partial charge is 0.0451 e. The van der Waals surface area contributed by atoms with E-state index in [0.717, 1.165) is 54.3 Å². The highest BCUT2D eigenvalue weighted by molar-refractivity contribution is 9.10. The number of benzene rings is 1. The number of halogens is 2. The summed E-state index contributed by atoms with van der Waals surface area (Å²) in [5, 5.41) is 4.38. The maximum atomic E-state index is 6.23. The van der Waals surface area contributed by atoms with Gasteiger partial charge in [-0.15, -0.1) is 0 Å². The van der Waals surface area contributed by atoms with Crippen LogP contribution in [0.25, 0.3) is 0 Å². The maximum absolute atomic E-state index is 6.23. The summed E-state index contributed by atoms with van der Waals surface area (Å²) in [6.07, 6.45) is 0. The summed E-state index contributed by atoms with van der Waals surface area (Å²) >= 11 is 9.73. The number of likely N-dealkylation sites (N-methyl/N-ethyl adjacent to an activating group) is 1. The van der Waals surface area contributed by atoms with E-state index in [9.17, 15) is 0 Å². The van der Waals surface area contributed by atoms with E-state index in [4.69, 9.17) is 11.6 Å². The molecule has 0 amide bonds. The predicted octanol–water partition coefficient (Wildman–Crippen LogP) is 3.22. The molecule has 3 nitrogen and oxygen atoms in total. The lowest BCUT2D eigenvalue weighted by molar-refractivity contribution is 0.0618. The average Bonchev–Trinajstić information content (AvgIpc) is 2.43. The van der Waals surface area contributed by atoms with Gasteiger partial charge in [-0.2, -0.15) is 0 Å². The van der Waals surface area contributed by atoms with Gasteiger partial charge in [0, 0.05) is 54.3 Å². The highest BCUT2D eigenvalue weighted by atomic mass is 79.9. The van der Waals surface area contributed by atoms with E-state index in [-0.39, 0.29) is 5.54 Å². The van der Waals surface area contributed by atoms with Gasteiger partial charge in [-0.3, -0.25) is 4.90 Å². The highest BCUT2D eigenvalue weighted by Crippen LogP contribution is 2.21. The first-order chi connectivity index (χ1) is 9.88. The van der Waals surface area contributed by atoms with Crippen LogP contribution in [-0.4, -0.2) is 55.1 Å². The molecule has 1 heterocycles. The van der Waals surface area contributed by atoms with Gasteiger partial charge in [-0.1, -0.05) is 27.5 Å². The molecule has 0 spiro atoms. The van der Waals surface area contributed by atoms with Gasteiger partial charge < -0.3 is 10.2 Å². The van der Waals surface area contributed by atoms with Crippen LogP contribution >= 0.6 is 27.5 Å². The zero-order chi connectivity index (χ0) is 15.5. The summed E-state index contributed by atoms with van der Waals surface area (Å²) in [4.78, 5) is 4.96. The van der Waals surface area contributed by atoms with Gasteiger partial charge in [0.25, 0.3) is 0 Å². The second-order valence-corrected chi connectivity index (χ2v) is 7.76. The predicted molar refractivity (Wildman–Crippen MR) is 94.0 cm³/mol. The summed E-state index contributed by atoms with van der Waals surface area (Å²) in [7, 11) is 2.19. The SMILES string of the molecule is CN1CCN(C(C)(C)CNCc2cc(Br)ccc2Cl)CC1. The van der Waals surface area contributed by atoms with E-state index < -0.39 is 0 Å². The van der Waals surface area contributed by atoms with Gasteiger partial charge in [0.05, 0.1) is 0 Å². The fourth-order valence-electron chi connectivity index (χ4n) is 2.71. The Balaban J connectivity index is 1.85. The minimum atomic E-state index is 0.166. The number of rotatable bonds is 5. The van der Waals surface area contributed by atoms with Crippen molar-refractivity contribution in [1.29, 1.82) is 0 Å². The molecule has 0 unspecified atom stereocenters. The molecule has 0 aliphatic carbocycles. The van der Waals surface area contributed by atoms with Crippen molar-refractivity contribution in [3.05, 3.63) is 33.3 Å². The Bertz CT molecular complexity index is 471. The van der Waals surface area contributed by atoms with Crippen molar-refractivity contribution in [3.63, 3.8) is 0 Å². The van der Waals surface area contributed by atoms with E-state index in [0.29, 0.717) is 0 Å². The minimum Gasteiger partial charge on any atom is -0.311 e. The van der Waals surface area contributed by atoms with Gasteiger partial charge in [-0.25, -0.2) is 0 Å². The molecule has 1 aliphatic heterocycles. The minimum absolute atomic E-state index is 0.166. The van der Waals surface area contributed by atoms with E-state index >= 15 is 0 Å². The van der Waals surface area contributed by atoms with Crippen LogP contribution in [-0.2, 0) is 6.54 Å². The standard InChI is InChI=1S/C16H25BrClN3/c1-16(2,21-8-6-20(3)7-9-21)12-19-11-13-10-14(17)4-5-15(13)18/h4-5,10,19H,6-9,11-12H2,1-3H3. The molecular formula is C16H25BrClN3. The van der Waals surface area contributed by atoms with Gasteiger partial charge in [0.2, 0.25) is 0 Å². The van der Waals surface area contributed by atoms with Crippen LogP contribution in [0.2, 0.25) is 5.02 Å². The third kappa shape index (κ3) is 4.93. The third-order valence-electron chi connectivity index (χ3n) is 4.24. The molecule has 0 saturated carbocycles. The van der Waals surface area contributed by atoms with Crippen LogP contribution in [0.1, 0.15) is 19.4 Å². The highest BCUT2D eigenvalue weighted by Gasteiger charge is 2.28. The zero-order valence-corrected chi connectivity index (χ0v) is 15.5. The summed E-state index contributed by atoms with van der Waals surface area (Å²) in [5.41, 5.74) is 1.31. The van der Waals surface area contributed by atoms with Crippen LogP contribution in [0.15, 0.2) is 22.7 Å². The van der Waals surface area contributed by atoms with Crippen LogP contribution in [0.5, 0.6) is 0 Å². The number of hydrogen-bond acceptors (Lipinski definition) is 3. The molecule has 21 heavy (non-hydrogen) atoms. The second-order valence-electron chi connectivity index (χ2n) is 6.44. The second kappa shape index (κ2) is 7.42. The van der Waals surface area contributed by atoms with Crippen molar-refractivity contribution < 1.29 is 0 Å². The number of piperazine rings is 1. The van der Waals surface area contributed by atoms with Crippen molar-refractivity contribution in [2.75, 3.05) is 39.8 Å². The van der Waals surface area contributed by atoms with E-state index in [2.05, 4.69) is 58.0 Å². The largest absolute Gasteiger partial charge is 0.311 e. The van der Waals surface area contributed by atoms with Crippen molar-refractivity contribution in [3.8, 4) is 0 Å². The number of nitrogens with zero attached hydrogens (tertiary/aromatic N) is 2. The molecule has 1 aromatic rings. The Morgan fingerprint density at radius 1 is 1.24 bits per heavy atom. The molecule has 1 N–H and O–H groups in total. The Kier molecular flexibility index (Phi) is 6.09. The fraction of sp³-hybridized carbons (Fsp3) is 0.625. The normalized spacial score (nSPS) is 18.1. The first kappa shape index (κ1) is 17.2. The van der Waals surface area contributed by atoms with Crippen molar-refractivity contribution in [1.82, 2.24) is 15.1 Å². The summed E-state index contributed by atoms with van der Waals surface area (Å²) in [6, 6.07) is 5.99. The van der Waals surface area contributed by atoms with Gasteiger partial charge in [0.15, 0.2) is 0 Å². The molecule has 118 valence electrons. The lowest BCUT2D eigenvalue weighted by atomic mass is 10.0. The molecule has 1 aromatic carbocycles. The van der Waals surface area contributed by atoms with Gasteiger partial charge in [0.1, 0.15) is 0 Å². The van der Waals surface area contributed by atoms with Crippen LogP contribution in [0.3, 0.4) is 0 Å². The van der Waals surface area contributed by atoms with Crippen molar-refractivity contribution in [2.45, 2.75) is 25.9 Å². The summed E-state index contributed by atoms with van der Waals surface area (Å²) in [5.74, 6) is 0. The van der Waals surface area contributed by atoms with Crippen LogP contribution < -0.4 is 5.32 Å². The van der Waals surface area contributed by atoms with E-state index in [1.165, 1.54) is 0 Å². The van der Waals surface area contributed by atoms with E-state index in [1.807, 2.05) is 12.1 Å². The number of hydrogen-bond donors (Lipinski definition) is 1. The third-order valence-corrected chi connectivity index (χ3v) is 5.10. The fourth-order valence-corrected chi connectivity index (χ4v) is 3.30. The van der Waals surface area contributed by atoms with Crippen LogP contribution in [0, 0.1) is 0 Å². The Labute approximate surface area is 141 Å². The first-order valence-electron chi connectivity index (χ1n) is 7.47. The summed E-state index contributed by atoms with van der Waals surface area (Å²) in [6.45, 7) is 11.0. The molecule has 1 fully saturated rings. The average molecular weight is 375 g/mol. The Morgan fingerprint density at radius 2 is 1.90 bits per heavy atom. The molecule has 0 radical (unpaired) electrons. The van der Waals surface area contributed by atoms with Crippen molar-refractivity contribution >= 4 is 27.5 Å². The topological polar surface area (TPSA) is 18.5 Å². The maximum Gasteiger partial charge on any atom is 0.0451 e. The zero-order valence-electron chi connectivity index (χ0n) is 13.1. The van der Waals surface area contributed by atoms with Crippen LogP contribution in [0.4, 0.5) is 0 Å².